The van der Waals surface area contributed by atoms with Crippen LogP contribution in [0.5, 0.6) is 0 Å². The monoisotopic (exact) mass is 337 g/mol. The molecule has 1 aliphatic carbocycles. The molecule has 132 valence electrons. The molecule has 0 radical (unpaired) electrons. The first-order valence-electron chi connectivity index (χ1n) is 8.29. The molecular weight excluding hydrogens is 314 g/mol. The summed E-state index contributed by atoms with van der Waals surface area (Å²) in [5.74, 6) is -1.99. The summed E-state index contributed by atoms with van der Waals surface area (Å²) in [6, 6.07) is -0.257. The number of fused-ring (bicyclic) bond motifs is 3. The van der Waals surface area contributed by atoms with Gasteiger partial charge in [-0.15, -0.1) is 0 Å². The molecule has 24 heavy (non-hydrogen) atoms. The van der Waals surface area contributed by atoms with E-state index >= 15 is 0 Å². The van der Waals surface area contributed by atoms with E-state index in [1.165, 1.54) is 11.2 Å². The summed E-state index contributed by atoms with van der Waals surface area (Å²) in [6.07, 6.45) is 2.54. The van der Waals surface area contributed by atoms with Crippen molar-refractivity contribution < 1.29 is 24.5 Å². The van der Waals surface area contributed by atoms with E-state index in [1.807, 2.05) is 0 Å². The second-order valence-corrected chi connectivity index (χ2v) is 6.53. The Labute approximate surface area is 140 Å². The fraction of sp³-hybridized carbons (Fsp3) is 0.688. The van der Waals surface area contributed by atoms with E-state index in [-0.39, 0.29) is 29.7 Å². The van der Waals surface area contributed by atoms with Crippen LogP contribution in [0.25, 0.3) is 0 Å². The molecule has 0 bridgehead atoms. The highest BCUT2D eigenvalue weighted by molar-refractivity contribution is 6.00. The smallest absolute Gasteiger partial charge is 0.352 e. The highest BCUT2D eigenvalue weighted by atomic mass is 16.5. The normalized spacial score (nSPS) is 33.4. The number of β-lactam (4-membered cyclic amide) rings is 1. The number of carboxylic acid groups (broad SMARTS) is 1. The van der Waals surface area contributed by atoms with Crippen molar-refractivity contribution in [2.75, 3.05) is 13.2 Å². The van der Waals surface area contributed by atoms with E-state index in [0.717, 1.165) is 19.3 Å². The zero-order valence-electron chi connectivity index (χ0n) is 13.6. The summed E-state index contributed by atoms with van der Waals surface area (Å²) in [4.78, 5) is 29.4. The molecule has 3 rings (SSSR count). The number of nitrogens with two attached hydrogens (primary N) is 1. The average Bonchev–Trinajstić information content (AvgIpc) is 2.82. The van der Waals surface area contributed by atoms with Gasteiger partial charge in [0.2, 0.25) is 5.91 Å². The zero-order chi connectivity index (χ0) is 17.4. The SMILES string of the molecule is C[C@@H](O)[C@H]1C(=O)N2C(C(=O)O)=C3[C@@H](OCCN=CN)CCC[C@@H]3[C@H]12. The summed E-state index contributed by atoms with van der Waals surface area (Å²) in [7, 11) is 0. The summed E-state index contributed by atoms with van der Waals surface area (Å²) in [5, 5.41) is 19.5. The Balaban J connectivity index is 1.87. The Morgan fingerprint density at radius 3 is 2.92 bits per heavy atom. The van der Waals surface area contributed by atoms with Crippen molar-refractivity contribution in [2.45, 2.75) is 44.4 Å². The van der Waals surface area contributed by atoms with Gasteiger partial charge in [0.1, 0.15) is 5.70 Å². The van der Waals surface area contributed by atoms with Crippen molar-refractivity contribution in [2.24, 2.45) is 22.6 Å². The standard InChI is InChI=1S/C16H23N3O5/c1-8(20)11-13-9-3-2-4-10(24-6-5-18-7-17)12(9)14(16(22)23)19(13)15(11)21/h7-11,13,20H,2-6H2,1H3,(H2,17,18)(H,22,23)/t8-,9+,10+,11-,13-/m1/s1. The van der Waals surface area contributed by atoms with Crippen LogP contribution in [0.15, 0.2) is 16.3 Å². The van der Waals surface area contributed by atoms with Crippen molar-refractivity contribution in [3.05, 3.63) is 11.3 Å². The van der Waals surface area contributed by atoms with Crippen LogP contribution in [-0.4, -0.2) is 64.7 Å². The number of carbonyl (C=O) groups excluding carboxylic acids is 1. The summed E-state index contributed by atoms with van der Waals surface area (Å²) in [6.45, 7) is 2.34. The van der Waals surface area contributed by atoms with Gasteiger partial charge in [-0.3, -0.25) is 9.79 Å². The fourth-order valence-corrected chi connectivity index (χ4v) is 4.33. The number of rotatable bonds is 6. The lowest BCUT2D eigenvalue weighted by Crippen LogP contribution is -2.64. The van der Waals surface area contributed by atoms with Gasteiger partial charge in [0.15, 0.2) is 0 Å². The Kier molecular flexibility index (Phi) is 4.60. The third-order valence-corrected chi connectivity index (χ3v) is 5.21. The maximum Gasteiger partial charge on any atom is 0.352 e. The number of aliphatic carboxylic acids is 1. The van der Waals surface area contributed by atoms with Crippen LogP contribution >= 0.6 is 0 Å². The van der Waals surface area contributed by atoms with Crippen LogP contribution < -0.4 is 5.73 Å². The number of amides is 1. The molecule has 4 N–H and O–H groups in total. The minimum atomic E-state index is -1.11. The molecule has 0 aromatic rings. The molecule has 1 saturated carbocycles. The highest BCUT2D eigenvalue weighted by Gasteiger charge is 2.62. The number of hydrogen-bond donors (Lipinski definition) is 3. The lowest BCUT2D eigenvalue weighted by Gasteiger charge is -2.47. The van der Waals surface area contributed by atoms with E-state index in [0.29, 0.717) is 18.7 Å². The summed E-state index contributed by atoms with van der Waals surface area (Å²) >= 11 is 0. The molecule has 5 atom stereocenters. The minimum absolute atomic E-state index is 0.0508. The lowest BCUT2D eigenvalue weighted by molar-refractivity contribution is -0.163. The lowest BCUT2D eigenvalue weighted by atomic mass is 9.71. The number of carbonyl (C=O) groups is 2. The van der Waals surface area contributed by atoms with Gasteiger partial charge < -0.3 is 25.6 Å². The van der Waals surface area contributed by atoms with Gasteiger partial charge >= 0.3 is 5.97 Å². The Bertz CT molecular complexity index is 601. The maximum absolute atomic E-state index is 12.3. The largest absolute Gasteiger partial charge is 0.477 e. The first-order chi connectivity index (χ1) is 11.5. The first kappa shape index (κ1) is 16.9. The second kappa shape index (κ2) is 6.52. The summed E-state index contributed by atoms with van der Waals surface area (Å²) in [5.41, 5.74) is 5.95. The van der Waals surface area contributed by atoms with Gasteiger partial charge in [0.25, 0.3) is 0 Å². The molecule has 0 aromatic heterocycles. The van der Waals surface area contributed by atoms with E-state index < -0.39 is 18.0 Å². The molecular formula is C16H23N3O5. The molecule has 2 fully saturated rings. The second-order valence-electron chi connectivity index (χ2n) is 6.53. The van der Waals surface area contributed by atoms with Crippen molar-refractivity contribution in [1.82, 2.24) is 4.90 Å². The highest BCUT2D eigenvalue weighted by Crippen LogP contribution is 2.52. The van der Waals surface area contributed by atoms with Gasteiger partial charge in [-0.1, -0.05) is 0 Å². The van der Waals surface area contributed by atoms with Crippen molar-refractivity contribution in [3.63, 3.8) is 0 Å². The Morgan fingerprint density at radius 2 is 2.29 bits per heavy atom. The molecule has 1 amide bonds. The van der Waals surface area contributed by atoms with Crippen LogP contribution in [0.1, 0.15) is 26.2 Å². The van der Waals surface area contributed by atoms with E-state index in [4.69, 9.17) is 10.5 Å². The number of carboxylic acids is 1. The van der Waals surface area contributed by atoms with Gasteiger partial charge in [0, 0.05) is 5.92 Å². The molecule has 0 aromatic carbocycles. The molecule has 8 nitrogen and oxygen atoms in total. The van der Waals surface area contributed by atoms with Gasteiger partial charge in [0.05, 0.1) is 43.7 Å². The van der Waals surface area contributed by atoms with E-state index in [2.05, 4.69) is 4.99 Å². The van der Waals surface area contributed by atoms with E-state index in [9.17, 15) is 19.8 Å². The van der Waals surface area contributed by atoms with Crippen molar-refractivity contribution in [1.29, 1.82) is 0 Å². The van der Waals surface area contributed by atoms with Crippen LogP contribution in [0.2, 0.25) is 0 Å². The molecule has 2 heterocycles. The predicted molar refractivity (Wildman–Crippen MR) is 85.1 cm³/mol. The van der Waals surface area contributed by atoms with Crippen molar-refractivity contribution >= 4 is 18.2 Å². The predicted octanol–water partition coefficient (Wildman–Crippen LogP) is -0.281. The third kappa shape index (κ3) is 2.50. The van der Waals surface area contributed by atoms with Gasteiger partial charge in [-0.05, 0) is 31.8 Å². The number of aliphatic hydroxyl groups is 1. The average molecular weight is 337 g/mol. The number of aliphatic hydroxyl groups excluding tert-OH is 1. The van der Waals surface area contributed by atoms with E-state index in [1.54, 1.807) is 6.92 Å². The fourth-order valence-electron chi connectivity index (χ4n) is 4.33. The Hall–Kier alpha value is -1.93. The molecule has 8 heteroatoms. The zero-order valence-corrected chi connectivity index (χ0v) is 13.6. The minimum Gasteiger partial charge on any atom is -0.477 e. The quantitative estimate of drug-likeness (QED) is 0.265. The van der Waals surface area contributed by atoms with Gasteiger partial charge in [-0.2, -0.15) is 0 Å². The number of ether oxygens (including phenoxy) is 1. The summed E-state index contributed by atoms with van der Waals surface area (Å²) < 4.78 is 5.84. The van der Waals surface area contributed by atoms with Crippen LogP contribution in [0.4, 0.5) is 0 Å². The van der Waals surface area contributed by atoms with Crippen molar-refractivity contribution in [3.8, 4) is 0 Å². The van der Waals surface area contributed by atoms with Crippen LogP contribution in [-0.2, 0) is 14.3 Å². The number of nitrogens with zero attached hydrogens (tertiary/aromatic N) is 2. The number of hydrogen-bond acceptors (Lipinski definition) is 5. The maximum atomic E-state index is 12.3. The molecule has 0 spiro atoms. The topological polar surface area (TPSA) is 125 Å². The third-order valence-electron chi connectivity index (χ3n) is 5.21. The van der Waals surface area contributed by atoms with Crippen LogP contribution in [0, 0.1) is 11.8 Å². The molecule has 3 aliphatic rings. The first-order valence-corrected chi connectivity index (χ1v) is 8.29. The molecule has 0 unspecified atom stereocenters. The molecule has 1 saturated heterocycles. The molecule has 2 aliphatic heterocycles. The Morgan fingerprint density at radius 1 is 1.54 bits per heavy atom. The van der Waals surface area contributed by atoms with Gasteiger partial charge in [-0.25, -0.2) is 4.79 Å². The van der Waals surface area contributed by atoms with Crippen LogP contribution in [0.3, 0.4) is 0 Å². The number of aliphatic imine (C=N–C) groups is 1.